The number of rotatable bonds is 8. The third-order valence-electron chi connectivity index (χ3n) is 4.78. The fraction of sp³-hybridized carbons (Fsp3) is 0.450. The lowest BCUT2D eigenvalue weighted by molar-refractivity contribution is -0.128. The number of aromatic nitrogens is 2. The van der Waals surface area contributed by atoms with E-state index in [1.807, 2.05) is 43.2 Å². The number of likely N-dealkylation sites (tertiary alicyclic amines) is 1. The highest BCUT2D eigenvalue weighted by Gasteiger charge is 2.34. The Bertz CT molecular complexity index is 772. The van der Waals surface area contributed by atoms with Crippen LogP contribution in [0.15, 0.2) is 42.7 Å². The highest BCUT2D eigenvalue weighted by molar-refractivity contribution is 5.97. The Kier molecular flexibility index (Phi) is 6.24. The molecule has 27 heavy (non-hydrogen) atoms. The van der Waals surface area contributed by atoms with E-state index in [2.05, 4.69) is 27.4 Å². The second-order valence-corrected chi connectivity index (χ2v) is 7.26. The van der Waals surface area contributed by atoms with Gasteiger partial charge in [0.15, 0.2) is 0 Å². The predicted octanol–water partition coefficient (Wildman–Crippen LogP) is 1.47. The van der Waals surface area contributed by atoms with Crippen molar-refractivity contribution in [2.75, 3.05) is 39.0 Å². The summed E-state index contributed by atoms with van der Waals surface area (Å²) in [4.78, 5) is 28.6. The molecule has 7 nitrogen and oxygen atoms in total. The van der Waals surface area contributed by atoms with E-state index in [0.29, 0.717) is 18.8 Å². The smallest absolute Gasteiger partial charge is 0.229 e. The fourth-order valence-electron chi connectivity index (χ4n) is 3.17. The number of likely N-dealkylation sites (N-methyl/N-ethyl adjacent to an activating group) is 1. The summed E-state index contributed by atoms with van der Waals surface area (Å²) < 4.78 is 1.81. The summed E-state index contributed by atoms with van der Waals surface area (Å²) in [5.74, 6) is -0.371. The van der Waals surface area contributed by atoms with Gasteiger partial charge in [0.05, 0.1) is 24.3 Å². The van der Waals surface area contributed by atoms with Crippen LogP contribution in [0.1, 0.15) is 12.0 Å². The molecule has 1 aromatic heterocycles. The maximum Gasteiger partial charge on any atom is 0.229 e. The van der Waals surface area contributed by atoms with Crippen molar-refractivity contribution in [2.24, 2.45) is 5.92 Å². The van der Waals surface area contributed by atoms with Crippen molar-refractivity contribution >= 4 is 17.5 Å². The van der Waals surface area contributed by atoms with E-state index in [-0.39, 0.29) is 24.2 Å². The highest BCUT2D eigenvalue weighted by Crippen LogP contribution is 2.20. The zero-order valence-corrected chi connectivity index (χ0v) is 16.0. The van der Waals surface area contributed by atoms with E-state index >= 15 is 0 Å². The van der Waals surface area contributed by atoms with Gasteiger partial charge in [-0.2, -0.15) is 5.10 Å². The van der Waals surface area contributed by atoms with Crippen molar-refractivity contribution in [1.82, 2.24) is 19.6 Å². The van der Waals surface area contributed by atoms with Gasteiger partial charge in [-0.3, -0.25) is 14.3 Å². The zero-order chi connectivity index (χ0) is 19.2. The third kappa shape index (κ3) is 5.40. The van der Waals surface area contributed by atoms with Crippen LogP contribution in [0.3, 0.4) is 0 Å². The SMILES string of the molecule is CN(C)CCn1cc(NC(=O)C2CC(=O)N(CCc3ccccc3)C2)cn1. The van der Waals surface area contributed by atoms with Crippen LogP contribution in [0.5, 0.6) is 0 Å². The van der Waals surface area contributed by atoms with Crippen LogP contribution in [-0.4, -0.2) is 65.1 Å². The van der Waals surface area contributed by atoms with E-state index in [1.54, 1.807) is 11.1 Å². The molecule has 2 aromatic rings. The topological polar surface area (TPSA) is 70.5 Å². The molecular formula is C20H27N5O2. The lowest BCUT2D eigenvalue weighted by Gasteiger charge is -2.16. The molecule has 0 aliphatic carbocycles. The molecule has 1 atom stereocenters. The summed E-state index contributed by atoms with van der Waals surface area (Å²) in [6.45, 7) is 2.77. The minimum absolute atomic E-state index is 0.0489. The van der Waals surface area contributed by atoms with Crippen molar-refractivity contribution in [3.05, 3.63) is 48.3 Å². The number of nitrogens with one attached hydrogen (secondary N) is 1. The average molecular weight is 369 g/mol. The molecule has 2 amide bonds. The quantitative estimate of drug-likeness (QED) is 0.765. The Labute approximate surface area is 159 Å². The maximum absolute atomic E-state index is 12.5. The van der Waals surface area contributed by atoms with Gasteiger partial charge in [0, 0.05) is 32.3 Å². The lowest BCUT2D eigenvalue weighted by Crippen LogP contribution is -2.29. The number of amides is 2. The van der Waals surface area contributed by atoms with E-state index in [0.717, 1.165) is 19.5 Å². The van der Waals surface area contributed by atoms with Crippen molar-refractivity contribution in [2.45, 2.75) is 19.4 Å². The molecule has 0 bridgehead atoms. The number of anilines is 1. The Morgan fingerprint density at radius 1 is 1.26 bits per heavy atom. The molecule has 0 radical (unpaired) electrons. The number of benzene rings is 1. The van der Waals surface area contributed by atoms with Crippen molar-refractivity contribution in [1.29, 1.82) is 0 Å². The van der Waals surface area contributed by atoms with Gasteiger partial charge in [-0.05, 0) is 26.1 Å². The van der Waals surface area contributed by atoms with Crippen LogP contribution < -0.4 is 5.32 Å². The number of carbonyl (C=O) groups is 2. The Hall–Kier alpha value is -2.67. The molecule has 144 valence electrons. The molecule has 0 spiro atoms. The number of carbonyl (C=O) groups excluding carboxylic acids is 2. The molecule has 2 heterocycles. The first kappa shape index (κ1) is 19.1. The van der Waals surface area contributed by atoms with Gasteiger partial charge < -0.3 is 15.1 Å². The summed E-state index contributed by atoms with van der Waals surface area (Å²) in [5, 5.41) is 7.15. The number of hydrogen-bond donors (Lipinski definition) is 1. The Balaban J connectivity index is 1.48. The van der Waals surface area contributed by atoms with Gasteiger partial charge in [-0.1, -0.05) is 30.3 Å². The summed E-state index contributed by atoms with van der Waals surface area (Å²) in [6, 6.07) is 10.1. The van der Waals surface area contributed by atoms with Crippen molar-refractivity contribution in [3.63, 3.8) is 0 Å². The summed E-state index contributed by atoms with van der Waals surface area (Å²) in [5.41, 5.74) is 1.87. The molecule has 1 aliphatic heterocycles. The Morgan fingerprint density at radius 3 is 2.78 bits per heavy atom. The summed E-state index contributed by atoms with van der Waals surface area (Å²) in [6.07, 6.45) is 4.55. The fourth-order valence-corrected chi connectivity index (χ4v) is 3.17. The Morgan fingerprint density at radius 2 is 2.04 bits per heavy atom. The van der Waals surface area contributed by atoms with Crippen LogP contribution in [0.4, 0.5) is 5.69 Å². The van der Waals surface area contributed by atoms with Crippen LogP contribution in [0.2, 0.25) is 0 Å². The minimum atomic E-state index is -0.307. The zero-order valence-electron chi connectivity index (χ0n) is 16.0. The molecule has 1 aliphatic rings. The second-order valence-electron chi connectivity index (χ2n) is 7.26. The maximum atomic E-state index is 12.5. The van der Waals surface area contributed by atoms with Gasteiger partial charge >= 0.3 is 0 Å². The molecule has 1 saturated heterocycles. The molecule has 1 fully saturated rings. The molecule has 1 unspecified atom stereocenters. The van der Waals surface area contributed by atoms with Crippen LogP contribution in [0, 0.1) is 5.92 Å². The molecule has 7 heteroatoms. The monoisotopic (exact) mass is 369 g/mol. The van der Waals surface area contributed by atoms with Gasteiger partial charge in [0.1, 0.15) is 0 Å². The number of nitrogens with zero attached hydrogens (tertiary/aromatic N) is 4. The predicted molar refractivity (Wildman–Crippen MR) is 104 cm³/mol. The summed E-state index contributed by atoms with van der Waals surface area (Å²) >= 11 is 0. The first-order valence-electron chi connectivity index (χ1n) is 9.31. The van der Waals surface area contributed by atoms with Gasteiger partial charge in [0.2, 0.25) is 11.8 Å². The van der Waals surface area contributed by atoms with Crippen molar-refractivity contribution in [3.8, 4) is 0 Å². The third-order valence-corrected chi connectivity index (χ3v) is 4.78. The second kappa shape index (κ2) is 8.81. The summed E-state index contributed by atoms with van der Waals surface area (Å²) in [7, 11) is 4.01. The average Bonchev–Trinajstić information content (AvgIpc) is 3.25. The molecule has 0 saturated carbocycles. The number of hydrogen-bond acceptors (Lipinski definition) is 4. The van der Waals surface area contributed by atoms with E-state index in [4.69, 9.17) is 0 Å². The van der Waals surface area contributed by atoms with E-state index in [9.17, 15) is 9.59 Å². The normalized spacial score (nSPS) is 16.9. The van der Waals surface area contributed by atoms with Gasteiger partial charge in [-0.25, -0.2) is 0 Å². The highest BCUT2D eigenvalue weighted by atomic mass is 16.2. The van der Waals surface area contributed by atoms with Crippen molar-refractivity contribution < 1.29 is 9.59 Å². The molecular weight excluding hydrogens is 342 g/mol. The van der Waals surface area contributed by atoms with Crippen LogP contribution in [0.25, 0.3) is 0 Å². The molecule has 1 aromatic carbocycles. The van der Waals surface area contributed by atoms with Crippen LogP contribution in [-0.2, 0) is 22.6 Å². The minimum Gasteiger partial charge on any atom is -0.342 e. The van der Waals surface area contributed by atoms with E-state index in [1.165, 1.54) is 5.56 Å². The van der Waals surface area contributed by atoms with E-state index < -0.39 is 0 Å². The lowest BCUT2D eigenvalue weighted by atomic mass is 10.1. The van der Waals surface area contributed by atoms with Gasteiger partial charge in [0.25, 0.3) is 0 Å². The van der Waals surface area contributed by atoms with Gasteiger partial charge in [-0.15, -0.1) is 0 Å². The standard InChI is InChI=1S/C20H27N5O2/c1-23(2)10-11-25-15-18(13-21-25)22-20(27)17-12-19(26)24(14-17)9-8-16-6-4-3-5-7-16/h3-7,13,15,17H,8-12,14H2,1-2H3,(H,22,27). The first-order valence-corrected chi connectivity index (χ1v) is 9.31. The molecule has 1 N–H and O–H groups in total. The molecule has 3 rings (SSSR count). The first-order chi connectivity index (χ1) is 13.0. The largest absolute Gasteiger partial charge is 0.342 e. The van der Waals surface area contributed by atoms with Crippen LogP contribution >= 0.6 is 0 Å².